The van der Waals surface area contributed by atoms with Crippen molar-refractivity contribution in [3.05, 3.63) is 59.9 Å². The quantitative estimate of drug-likeness (QED) is 0.758. The number of nitrogens with zero attached hydrogens (tertiary/aromatic N) is 3. The predicted octanol–water partition coefficient (Wildman–Crippen LogP) is 3.31. The van der Waals surface area contributed by atoms with Gasteiger partial charge in [-0.2, -0.15) is 0 Å². The highest BCUT2D eigenvalue weighted by Crippen LogP contribution is 2.40. The number of fused-ring (bicyclic) bond motifs is 1. The fraction of sp³-hybridized carbons (Fsp3) is 0.409. The van der Waals surface area contributed by atoms with Crippen molar-refractivity contribution < 1.29 is 9.53 Å². The van der Waals surface area contributed by atoms with Gasteiger partial charge in [-0.25, -0.2) is 4.68 Å². The lowest BCUT2D eigenvalue weighted by Crippen LogP contribution is -2.36. The van der Waals surface area contributed by atoms with E-state index in [1.165, 1.54) is 23.6 Å². The van der Waals surface area contributed by atoms with E-state index < -0.39 is 0 Å². The van der Waals surface area contributed by atoms with Crippen molar-refractivity contribution >= 4 is 16.7 Å². The minimum atomic E-state index is -0.173. The Morgan fingerprint density at radius 1 is 1.18 bits per heavy atom. The van der Waals surface area contributed by atoms with Crippen LogP contribution in [0.5, 0.6) is 0 Å². The summed E-state index contributed by atoms with van der Waals surface area (Å²) in [6.07, 6.45) is 7.30. The number of nitrogens with one attached hydrogen (secondary N) is 1. The van der Waals surface area contributed by atoms with Gasteiger partial charge in [0.15, 0.2) is 5.69 Å². The Balaban J connectivity index is 1.26. The first-order chi connectivity index (χ1) is 13.7. The number of carbonyl (C=O) groups is 1. The summed E-state index contributed by atoms with van der Waals surface area (Å²) >= 11 is 0. The van der Waals surface area contributed by atoms with Gasteiger partial charge in [0.05, 0.1) is 31.0 Å². The molecule has 3 aromatic rings. The van der Waals surface area contributed by atoms with Crippen LogP contribution in [0.2, 0.25) is 0 Å². The lowest BCUT2D eigenvalue weighted by atomic mass is 9.96. The number of rotatable bonds is 4. The summed E-state index contributed by atoms with van der Waals surface area (Å²) in [4.78, 5) is 12.6. The zero-order chi connectivity index (χ0) is 19.0. The van der Waals surface area contributed by atoms with Crippen molar-refractivity contribution in [2.45, 2.75) is 50.3 Å². The molecule has 1 saturated heterocycles. The van der Waals surface area contributed by atoms with Crippen LogP contribution in [-0.4, -0.2) is 39.2 Å². The molecule has 5 rings (SSSR count). The van der Waals surface area contributed by atoms with Crippen LogP contribution >= 0.6 is 0 Å². The molecule has 6 nitrogen and oxygen atoms in total. The third kappa shape index (κ3) is 3.29. The Labute approximate surface area is 163 Å². The molecule has 1 atom stereocenters. The number of ether oxygens (including phenoxy) is 1. The number of carbonyl (C=O) groups excluding carboxylic acids is 1. The summed E-state index contributed by atoms with van der Waals surface area (Å²) in [7, 11) is 0. The molecule has 0 bridgehead atoms. The molecule has 1 N–H and O–H groups in total. The molecule has 0 unspecified atom stereocenters. The zero-order valence-electron chi connectivity index (χ0n) is 15.8. The summed E-state index contributed by atoms with van der Waals surface area (Å²) in [5.74, 6) is -0.173. The Morgan fingerprint density at radius 3 is 2.89 bits per heavy atom. The van der Waals surface area contributed by atoms with Crippen molar-refractivity contribution in [2.24, 2.45) is 0 Å². The highest BCUT2D eigenvalue weighted by Gasteiger charge is 2.42. The molecule has 28 heavy (non-hydrogen) atoms. The summed E-state index contributed by atoms with van der Waals surface area (Å²) < 4.78 is 7.74. The Morgan fingerprint density at radius 2 is 2.00 bits per heavy atom. The van der Waals surface area contributed by atoms with Crippen LogP contribution in [0.15, 0.2) is 48.7 Å². The second kappa shape index (κ2) is 7.02. The average Bonchev–Trinajstić information content (AvgIpc) is 3.45. The van der Waals surface area contributed by atoms with Gasteiger partial charge in [-0.3, -0.25) is 4.79 Å². The second-order valence-corrected chi connectivity index (χ2v) is 8.02. The number of hydrogen-bond donors (Lipinski definition) is 1. The average molecular weight is 376 g/mol. The minimum Gasteiger partial charge on any atom is -0.373 e. The van der Waals surface area contributed by atoms with Crippen molar-refractivity contribution in [3.63, 3.8) is 0 Å². The fourth-order valence-electron chi connectivity index (χ4n) is 4.65. The molecule has 1 amide bonds. The van der Waals surface area contributed by atoms with E-state index >= 15 is 0 Å². The van der Waals surface area contributed by atoms with Crippen LogP contribution in [0, 0.1) is 0 Å². The van der Waals surface area contributed by atoms with Gasteiger partial charge in [0.1, 0.15) is 0 Å². The third-order valence-corrected chi connectivity index (χ3v) is 6.04. The largest absolute Gasteiger partial charge is 0.373 e. The molecule has 1 aliphatic heterocycles. The van der Waals surface area contributed by atoms with Crippen LogP contribution in [0.1, 0.15) is 48.2 Å². The van der Waals surface area contributed by atoms with E-state index in [2.05, 4.69) is 39.9 Å². The molecule has 2 heterocycles. The van der Waals surface area contributed by atoms with E-state index in [1.807, 2.05) is 18.2 Å². The monoisotopic (exact) mass is 376 g/mol. The maximum atomic E-state index is 12.6. The number of hydrogen-bond acceptors (Lipinski definition) is 4. The van der Waals surface area contributed by atoms with E-state index in [-0.39, 0.29) is 17.6 Å². The van der Waals surface area contributed by atoms with Crippen molar-refractivity contribution in [2.75, 3.05) is 6.61 Å². The Bertz CT molecular complexity index is 1000. The number of amides is 1. The smallest absolute Gasteiger partial charge is 0.273 e. The molecule has 1 saturated carbocycles. The molecule has 0 radical (unpaired) electrons. The highest BCUT2D eigenvalue weighted by molar-refractivity contribution is 5.92. The maximum absolute atomic E-state index is 12.6. The van der Waals surface area contributed by atoms with E-state index in [0.29, 0.717) is 18.8 Å². The first-order valence-corrected chi connectivity index (χ1v) is 10.0. The molecule has 2 aromatic carbocycles. The summed E-state index contributed by atoms with van der Waals surface area (Å²) in [6.45, 7) is 1.17. The van der Waals surface area contributed by atoms with Gasteiger partial charge in [0.25, 0.3) is 5.91 Å². The first kappa shape index (κ1) is 17.4. The lowest BCUT2D eigenvalue weighted by molar-refractivity contribution is 0.00987. The third-order valence-electron chi connectivity index (χ3n) is 6.04. The van der Waals surface area contributed by atoms with E-state index in [1.54, 1.807) is 10.9 Å². The minimum absolute atomic E-state index is 0.00389. The zero-order valence-corrected chi connectivity index (χ0v) is 15.8. The van der Waals surface area contributed by atoms with E-state index in [4.69, 9.17) is 4.74 Å². The van der Waals surface area contributed by atoms with E-state index in [0.717, 1.165) is 24.8 Å². The van der Waals surface area contributed by atoms with Gasteiger partial charge in [0.2, 0.25) is 0 Å². The molecule has 144 valence electrons. The number of benzene rings is 2. The second-order valence-electron chi connectivity index (χ2n) is 8.02. The van der Waals surface area contributed by atoms with Gasteiger partial charge in [-0.15, -0.1) is 5.10 Å². The fourth-order valence-corrected chi connectivity index (χ4v) is 4.65. The first-order valence-electron chi connectivity index (χ1n) is 10.0. The van der Waals surface area contributed by atoms with Crippen molar-refractivity contribution in [1.82, 2.24) is 20.3 Å². The molecular weight excluding hydrogens is 352 g/mol. The van der Waals surface area contributed by atoms with Gasteiger partial charge >= 0.3 is 0 Å². The van der Waals surface area contributed by atoms with Crippen LogP contribution in [0.25, 0.3) is 10.8 Å². The summed E-state index contributed by atoms with van der Waals surface area (Å²) in [5, 5.41) is 13.7. The van der Waals surface area contributed by atoms with Crippen LogP contribution in [0.4, 0.5) is 0 Å². The SMILES string of the molecule is O=C(N[C@H]1COC2(CCCC2)C1)c1cn(Cc2cccc3ccccc23)nn1. The van der Waals surface area contributed by atoms with Crippen LogP contribution in [-0.2, 0) is 11.3 Å². The van der Waals surface area contributed by atoms with Gasteiger partial charge in [0, 0.05) is 0 Å². The topological polar surface area (TPSA) is 69.0 Å². The Kier molecular flexibility index (Phi) is 4.36. The van der Waals surface area contributed by atoms with Gasteiger partial charge in [-0.1, -0.05) is 60.5 Å². The van der Waals surface area contributed by atoms with Crippen LogP contribution < -0.4 is 5.32 Å². The molecular formula is C22H24N4O2. The summed E-state index contributed by atoms with van der Waals surface area (Å²) in [5.41, 5.74) is 1.51. The molecule has 1 aliphatic carbocycles. The Hall–Kier alpha value is -2.73. The summed E-state index contributed by atoms with van der Waals surface area (Å²) in [6, 6.07) is 14.6. The standard InChI is InChI=1S/C22H24N4O2/c27-21(23-18-12-22(28-15-18)10-3-4-11-22)20-14-26(25-24-20)13-17-8-5-7-16-6-1-2-9-19(16)17/h1-2,5-9,14,18H,3-4,10-13,15H2,(H,23,27)/t18-/m1/s1. The maximum Gasteiger partial charge on any atom is 0.273 e. The van der Waals surface area contributed by atoms with Crippen molar-refractivity contribution in [3.8, 4) is 0 Å². The molecule has 6 heteroatoms. The molecule has 2 fully saturated rings. The molecule has 1 spiro atoms. The van der Waals surface area contributed by atoms with Gasteiger partial charge in [-0.05, 0) is 35.6 Å². The normalized spacial score (nSPS) is 20.8. The van der Waals surface area contributed by atoms with Crippen LogP contribution in [0.3, 0.4) is 0 Å². The highest BCUT2D eigenvalue weighted by atomic mass is 16.5. The molecule has 1 aromatic heterocycles. The molecule has 2 aliphatic rings. The predicted molar refractivity (Wildman–Crippen MR) is 106 cm³/mol. The lowest BCUT2D eigenvalue weighted by Gasteiger charge is -2.21. The number of aromatic nitrogens is 3. The van der Waals surface area contributed by atoms with E-state index in [9.17, 15) is 4.79 Å². The van der Waals surface area contributed by atoms with Gasteiger partial charge < -0.3 is 10.1 Å². The van der Waals surface area contributed by atoms with Crippen molar-refractivity contribution in [1.29, 1.82) is 0 Å².